The highest BCUT2D eigenvalue weighted by Gasteiger charge is 2.08. The molecule has 0 aromatic rings. The molecular weight excluding hydrogens is 224 g/mol. The van der Waals surface area contributed by atoms with E-state index in [9.17, 15) is 4.79 Å². The summed E-state index contributed by atoms with van der Waals surface area (Å²) >= 11 is 0. The Labute approximate surface area is 112 Å². The Morgan fingerprint density at radius 2 is 1.33 bits per heavy atom. The van der Waals surface area contributed by atoms with Gasteiger partial charge in [-0.3, -0.25) is 4.79 Å². The zero-order valence-corrected chi connectivity index (χ0v) is 11.6. The van der Waals surface area contributed by atoms with Gasteiger partial charge >= 0.3 is 0 Å². The number of carbonyl (C=O) groups is 1. The third-order valence-corrected chi connectivity index (χ3v) is 3.12. The second kappa shape index (κ2) is 14.0. The minimum Gasteiger partial charge on any atom is -0.465 e. The van der Waals surface area contributed by atoms with Gasteiger partial charge in [-0.05, 0) is 51.4 Å². The molecular formula is C16H28O2. The zero-order valence-electron chi connectivity index (χ0n) is 11.6. The summed E-state index contributed by atoms with van der Waals surface area (Å²) in [4.78, 5) is 10.4. The fraction of sp³-hybridized carbons (Fsp3) is 0.688. The number of rotatable bonds is 14. The molecule has 0 heterocycles. The Morgan fingerprint density at radius 1 is 0.833 bits per heavy atom. The highest BCUT2D eigenvalue weighted by atomic mass is 16.5. The summed E-state index contributed by atoms with van der Waals surface area (Å²) in [7, 11) is 0. The fourth-order valence-corrected chi connectivity index (χ4v) is 2.03. The molecule has 0 unspecified atom stereocenters. The molecule has 0 aliphatic carbocycles. The first-order valence-corrected chi connectivity index (χ1v) is 7.16. The molecule has 0 aromatic carbocycles. The summed E-state index contributed by atoms with van der Waals surface area (Å²) < 4.78 is 5.13. The monoisotopic (exact) mass is 252 g/mol. The number of ether oxygens (including phenoxy) is 1. The normalized spacial score (nSPS) is 10.3. The molecule has 0 fully saturated rings. The first kappa shape index (κ1) is 16.9. The summed E-state index contributed by atoms with van der Waals surface area (Å²) in [5.41, 5.74) is 0. The van der Waals surface area contributed by atoms with Crippen molar-refractivity contribution in [3.8, 4) is 0 Å². The number of hydrogen-bond donors (Lipinski definition) is 0. The van der Waals surface area contributed by atoms with E-state index in [1.807, 2.05) is 12.2 Å². The quantitative estimate of drug-likeness (QED) is 0.252. The van der Waals surface area contributed by atoms with Gasteiger partial charge in [0.25, 0.3) is 6.47 Å². The van der Waals surface area contributed by atoms with Crippen LogP contribution in [0.25, 0.3) is 0 Å². The largest absolute Gasteiger partial charge is 0.465 e. The van der Waals surface area contributed by atoms with E-state index in [0.717, 1.165) is 38.5 Å². The Balaban J connectivity index is 3.54. The van der Waals surface area contributed by atoms with E-state index in [-0.39, 0.29) is 6.10 Å². The van der Waals surface area contributed by atoms with Crippen LogP contribution in [-0.4, -0.2) is 12.6 Å². The molecule has 104 valence electrons. The molecule has 18 heavy (non-hydrogen) atoms. The molecule has 0 aliphatic heterocycles. The van der Waals surface area contributed by atoms with Gasteiger partial charge in [0, 0.05) is 0 Å². The van der Waals surface area contributed by atoms with Crippen LogP contribution in [0.5, 0.6) is 0 Å². The average Bonchev–Trinajstić information content (AvgIpc) is 2.38. The third kappa shape index (κ3) is 11.4. The lowest BCUT2D eigenvalue weighted by Crippen LogP contribution is -2.12. The molecule has 0 radical (unpaired) electrons. The standard InChI is InChI=1S/C16H28O2/c1-3-5-7-9-11-13-16(18-15-17)14-12-10-8-6-4-2/h3-4,15-16H,1-2,5-14H2. The van der Waals surface area contributed by atoms with Crippen LogP contribution in [0.1, 0.15) is 64.2 Å². The molecule has 0 bridgehead atoms. The van der Waals surface area contributed by atoms with E-state index in [4.69, 9.17) is 4.74 Å². The molecule has 0 N–H and O–H groups in total. The molecule has 0 atom stereocenters. The first-order chi connectivity index (χ1) is 8.85. The summed E-state index contributed by atoms with van der Waals surface area (Å²) in [5, 5.41) is 0. The highest BCUT2D eigenvalue weighted by Crippen LogP contribution is 2.14. The lowest BCUT2D eigenvalue weighted by atomic mass is 10.0. The van der Waals surface area contributed by atoms with Crippen molar-refractivity contribution < 1.29 is 9.53 Å². The van der Waals surface area contributed by atoms with Crippen molar-refractivity contribution in [1.29, 1.82) is 0 Å². The summed E-state index contributed by atoms with van der Waals surface area (Å²) in [5.74, 6) is 0. The van der Waals surface area contributed by atoms with Crippen molar-refractivity contribution in [3.63, 3.8) is 0 Å². The van der Waals surface area contributed by atoms with Gasteiger partial charge in [0.2, 0.25) is 0 Å². The predicted molar refractivity (Wildman–Crippen MR) is 77.5 cm³/mol. The zero-order chi connectivity index (χ0) is 13.5. The summed E-state index contributed by atoms with van der Waals surface area (Å²) in [6.07, 6.45) is 15.2. The predicted octanol–water partition coefficient (Wildman–Crippen LogP) is 4.80. The molecule has 0 aromatic heterocycles. The van der Waals surface area contributed by atoms with Crippen LogP contribution >= 0.6 is 0 Å². The number of carbonyl (C=O) groups excluding carboxylic acids is 1. The van der Waals surface area contributed by atoms with Crippen molar-refractivity contribution in [3.05, 3.63) is 25.3 Å². The van der Waals surface area contributed by atoms with Gasteiger partial charge in [-0.2, -0.15) is 0 Å². The smallest absolute Gasteiger partial charge is 0.293 e. The van der Waals surface area contributed by atoms with Crippen molar-refractivity contribution in [2.45, 2.75) is 70.3 Å². The van der Waals surface area contributed by atoms with Crippen molar-refractivity contribution in [1.82, 2.24) is 0 Å². The van der Waals surface area contributed by atoms with E-state index in [1.165, 1.54) is 25.7 Å². The second-order valence-corrected chi connectivity index (χ2v) is 4.71. The topological polar surface area (TPSA) is 26.3 Å². The molecule has 0 amide bonds. The van der Waals surface area contributed by atoms with E-state index in [1.54, 1.807) is 0 Å². The molecule has 0 rings (SSSR count). The lowest BCUT2D eigenvalue weighted by molar-refractivity contribution is -0.134. The van der Waals surface area contributed by atoms with Gasteiger partial charge < -0.3 is 4.74 Å². The van der Waals surface area contributed by atoms with E-state index in [2.05, 4.69) is 13.2 Å². The van der Waals surface area contributed by atoms with Gasteiger partial charge in [0.15, 0.2) is 0 Å². The minimum atomic E-state index is 0.120. The van der Waals surface area contributed by atoms with E-state index < -0.39 is 0 Å². The maximum atomic E-state index is 10.4. The van der Waals surface area contributed by atoms with E-state index in [0.29, 0.717) is 6.47 Å². The highest BCUT2D eigenvalue weighted by molar-refractivity contribution is 5.37. The van der Waals surface area contributed by atoms with Gasteiger partial charge in [-0.15, -0.1) is 13.2 Å². The van der Waals surface area contributed by atoms with Gasteiger partial charge in [0.05, 0.1) is 0 Å². The fourth-order valence-electron chi connectivity index (χ4n) is 2.03. The number of unbranched alkanes of at least 4 members (excludes halogenated alkanes) is 6. The molecule has 0 spiro atoms. The average molecular weight is 252 g/mol. The Bertz CT molecular complexity index is 193. The number of allylic oxidation sites excluding steroid dienone is 2. The first-order valence-electron chi connectivity index (χ1n) is 7.16. The Kier molecular flexibility index (Phi) is 13.2. The van der Waals surface area contributed by atoms with Crippen LogP contribution in [0.4, 0.5) is 0 Å². The minimum absolute atomic E-state index is 0.120. The summed E-state index contributed by atoms with van der Waals surface area (Å²) in [6, 6.07) is 0. The van der Waals surface area contributed by atoms with Gasteiger partial charge in [0.1, 0.15) is 6.10 Å². The lowest BCUT2D eigenvalue weighted by Gasteiger charge is -2.14. The van der Waals surface area contributed by atoms with Crippen LogP contribution < -0.4 is 0 Å². The van der Waals surface area contributed by atoms with Gasteiger partial charge in [-0.25, -0.2) is 0 Å². The summed E-state index contributed by atoms with van der Waals surface area (Å²) in [6.45, 7) is 8.02. The van der Waals surface area contributed by atoms with E-state index >= 15 is 0 Å². The SMILES string of the molecule is C=CCCCCCC(CCCCCC=C)OC=O. The van der Waals surface area contributed by atoms with Crippen LogP contribution in [-0.2, 0) is 9.53 Å². The Hall–Kier alpha value is -1.05. The van der Waals surface area contributed by atoms with Crippen molar-refractivity contribution in [2.75, 3.05) is 0 Å². The van der Waals surface area contributed by atoms with Crippen LogP contribution in [0.3, 0.4) is 0 Å². The van der Waals surface area contributed by atoms with Crippen molar-refractivity contribution in [2.24, 2.45) is 0 Å². The second-order valence-electron chi connectivity index (χ2n) is 4.71. The number of hydrogen-bond acceptors (Lipinski definition) is 2. The van der Waals surface area contributed by atoms with Gasteiger partial charge in [-0.1, -0.05) is 25.0 Å². The third-order valence-electron chi connectivity index (χ3n) is 3.12. The van der Waals surface area contributed by atoms with Crippen LogP contribution in [0.2, 0.25) is 0 Å². The maximum absolute atomic E-state index is 10.4. The van der Waals surface area contributed by atoms with Crippen LogP contribution in [0, 0.1) is 0 Å². The maximum Gasteiger partial charge on any atom is 0.293 e. The molecule has 2 nitrogen and oxygen atoms in total. The van der Waals surface area contributed by atoms with Crippen LogP contribution in [0.15, 0.2) is 25.3 Å². The molecule has 2 heteroatoms. The van der Waals surface area contributed by atoms with Crippen molar-refractivity contribution >= 4 is 6.47 Å². The Morgan fingerprint density at radius 3 is 1.72 bits per heavy atom. The molecule has 0 aliphatic rings. The molecule has 0 saturated heterocycles. The molecule has 0 saturated carbocycles.